The summed E-state index contributed by atoms with van der Waals surface area (Å²) in [6.07, 6.45) is 1.04. The molecule has 1 heterocycles. The fraction of sp³-hybridized carbons (Fsp3) is 0.652. The molecule has 1 aromatic rings. The summed E-state index contributed by atoms with van der Waals surface area (Å²) in [5, 5.41) is 3.05. The van der Waals surface area contributed by atoms with Crippen molar-refractivity contribution in [3.8, 4) is 0 Å². The maximum atomic E-state index is 12.7. The van der Waals surface area contributed by atoms with Crippen LogP contribution in [0.2, 0.25) is 0 Å². The molecule has 2 rings (SSSR count). The second-order valence-corrected chi connectivity index (χ2v) is 9.82. The van der Waals surface area contributed by atoms with Gasteiger partial charge in [-0.3, -0.25) is 9.59 Å². The number of amides is 2. The quantitative estimate of drug-likeness (QED) is 0.520. The Labute approximate surface area is 182 Å². The number of hydrogen-bond donors (Lipinski definition) is 3. The highest BCUT2D eigenvalue weighted by Gasteiger charge is 2.26. The molecule has 0 spiro atoms. The van der Waals surface area contributed by atoms with Crippen molar-refractivity contribution < 1.29 is 19.4 Å². The van der Waals surface area contributed by atoms with Crippen LogP contribution in [0, 0.1) is 0 Å². The van der Waals surface area contributed by atoms with Gasteiger partial charge in [-0.05, 0) is 38.5 Å². The van der Waals surface area contributed by atoms with Gasteiger partial charge >= 0.3 is 0 Å². The molecule has 2 unspecified atom stereocenters. The van der Waals surface area contributed by atoms with E-state index in [9.17, 15) is 9.59 Å². The van der Waals surface area contributed by atoms with E-state index in [1.807, 2.05) is 46.8 Å². The molecule has 0 bridgehead atoms. The van der Waals surface area contributed by atoms with Crippen LogP contribution in [0.3, 0.4) is 0 Å². The van der Waals surface area contributed by atoms with Gasteiger partial charge in [0, 0.05) is 45.3 Å². The van der Waals surface area contributed by atoms with E-state index in [0.29, 0.717) is 19.6 Å². The number of nitrogens with zero attached hydrogens (tertiary/aromatic N) is 2. The van der Waals surface area contributed by atoms with Crippen LogP contribution >= 0.6 is 0 Å². The lowest BCUT2D eigenvalue weighted by atomic mass is 10.1. The third-order valence-corrected chi connectivity index (χ3v) is 5.52. The first-order chi connectivity index (χ1) is 14.0. The summed E-state index contributed by atoms with van der Waals surface area (Å²) in [7, 11) is 5.93. The van der Waals surface area contributed by atoms with Crippen molar-refractivity contribution in [1.82, 2.24) is 10.2 Å². The van der Waals surface area contributed by atoms with Gasteiger partial charge in [0.1, 0.15) is 13.1 Å². The normalized spacial score (nSPS) is 19.7. The van der Waals surface area contributed by atoms with Gasteiger partial charge in [0.05, 0.1) is 13.1 Å². The fourth-order valence-corrected chi connectivity index (χ4v) is 3.85. The van der Waals surface area contributed by atoms with Gasteiger partial charge in [0.25, 0.3) is 11.8 Å². The molecule has 0 aliphatic carbocycles. The average Bonchev–Trinajstić information content (AvgIpc) is 2.85. The lowest BCUT2D eigenvalue weighted by Crippen LogP contribution is -3.18. The van der Waals surface area contributed by atoms with E-state index in [-0.39, 0.29) is 17.4 Å². The lowest BCUT2D eigenvalue weighted by molar-refractivity contribution is -0.930. The number of likely N-dealkylation sites (N-methyl/N-ethyl adjacent to an activating group) is 1. The third kappa shape index (κ3) is 8.32. The molecule has 7 heteroatoms. The molecule has 2 atom stereocenters. The summed E-state index contributed by atoms with van der Waals surface area (Å²) in [5.74, 6) is 0.285. The minimum atomic E-state index is -0.191. The first kappa shape index (κ1) is 24.2. The van der Waals surface area contributed by atoms with E-state index in [0.717, 1.165) is 43.9 Å². The van der Waals surface area contributed by atoms with Crippen LogP contribution in [-0.2, 0) is 16.1 Å². The SMILES string of the molecule is CN(Cc1ccc(N(C)C)cc1)C(=O)C[NH+]1CCC[NH+](CC(=O)NC(C)(C)C)CC1. The number of carbonyl (C=O) groups excluding carboxylic acids is 2. The van der Waals surface area contributed by atoms with Gasteiger partial charge in [-0.2, -0.15) is 0 Å². The molecule has 3 N–H and O–H groups in total. The second kappa shape index (κ2) is 10.8. The van der Waals surface area contributed by atoms with Crippen LogP contribution in [0.5, 0.6) is 0 Å². The average molecular weight is 420 g/mol. The van der Waals surface area contributed by atoms with E-state index in [4.69, 9.17) is 0 Å². The predicted molar refractivity (Wildman–Crippen MR) is 121 cm³/mol. The largest absolute Gasteiger partial charge is 0.378 e. The first-order valence-electron chi connectivity index (χ1n) is 11.0. The Balaban J connectivity index is 1.79. The van der Waals surface area contributed by atoms with Crippen molar-refractivity contribution in [2.45, 2.75) is 39.3 Å². The smallest absolute Gasteiger partial charge is 0.277 e. The van der Waals surface area contributed by atoms with Crippen LogP contribution in [0.25, 0.3) is 0 Å². The molecule has 1 aliphatic heterocycles. The Morgan fingerprint density at radius 1 is 0.933 bits per heavy atom. The van der Waals surface area contributed by atoms with Gasteiger partial charge in [0.15, 0.2) is 13.1 Å². The number of anilines is 1. The Morgan fingerprint density at radius 2 is 1.50 bits per heavy atom. The van der Waals surface area contributed by atoms with Gasteiger partial charge in [0.2, 0.25) is 0 Å². The lowest BCUT2D eigenvalue weighted by Gasteiger charge is -2.23. The Morgan fingerprint density at radius 3 is 2.03 bits per heavy atom. The number of nitrogens with one attached hydrogen (secondary N) is 3. The topological polar surface area (TPSA) is 61.5 Å². The van der Waals surface area contributed by atoms with Crippen molar-refractivity contribution in [2.75, 3.05) is 65.3 Å². The molecule has 1 saturated heterocycles. The van der Waals surface area contributed by atoms with Gasteiger partial charge in [-0.1, -0.05) is 12.1 Å². The fourth-order valence-electron chi connectivity index (χ4n) is 3.85. The standard InChI is InChI=1S/C23H39N5O2/c1-23(2,3)24-21(29)17-27-12-7-13-28(15-14-27)18-22(30)26(6)16-19-8-10-20(11-9-19)25(4)5/h8-11H,7,12-18H2,1-6H3,(H,24,29)/p+2. The molecular formula is C23H41N5O2+2. The molecule has 0 saturated carbocycles. The summed E-state index contributed by atoms with van der Waals surface area (Å²) in [6.45, 7) is 11.5. The van der Waals surface area contributed by atoms with E-state index in [2.05, 4.69) is 34.5 Å². The van der Waals surface area contributed by atoms with Crippen LogP contribution in [0.4, 0.5) is 5.69 Å². The number of carbonyl (C=O) groups is 2. The zero-order valence-corrected chi connectivity index (χ0v) is 19.7. The molecular weight excluding hydrogens is 378 g/mol. The molecule has 30 heavy (non-hydrogen) atoms. The van der Waals surface area contributed by atoms with Crippen molar-refractivity contribution >= 4 is 17.5 Å². The van der Waals surface area contributed by atoms with E-state index in [1.54, 1.807) is 0 Å². The van der Waals surface area contributed by atoms with E-state index >= 15 is 0 Å². The maximum Gasteiger partial charge on any atom is 0.277 e. The number of benzene rings is 1. The van der Waals surface area contributed by atoms with Crippen molar-refractivity contribution in [3.63, 3.8) is 0 Å². The third-order valence-electron chi connectivity index (χ3n) is 5.52. The van der Waals surface area contributed by atoms with Gasteiger partial charge in [-0.15, -0.1) is 0 Å². The molecule has 2 amide bonds. The van der Waals surface area contributed by atoms with Crippen molar-refractivity contribution in [3.05, 3.63) is 29.8 Å². The maximum absolute atomic E-state index is 12.7. The van der Waals surface area contributed by atoms with Crippen molar-refractivity contribution in [1.29, 1.82) is 0 Å². The summed E-state index contributed by atoms with van der Waals surface area (Å²) >= 11 is 0. The molecule has 7 nitrogen and oxygen atoms in total. The van der Waals surface area contributed by atoms with Crippen LogP contribution < -0.4 is 20.0 Å². The molecule has 168 valence electrons. The van der Waals surface area contributed by atoms with E-state index in [1.165, 1.54) is 9.80 Å². The zero-order chi connectivity index (χ0) is 22.3. The van der Waals surface area contributed by atoms with Gasteiger partial charge in [-0.25, -0.2) is 0 Å². The number of rotatable bonds is 7. The molecule has 0 aromatic heterocycles. The van der Waals surface area contributed by atoms with Gasteiger partial charge < -0.3 is 24.9 Å². The first-order valence-corrected chi connectivity index (χ1v) is 11.0. The summed E-state index contributed by atoms with van der Waals surface area (Å²) < 4.78 is 0. The van der Waals surface area contributed by atoms with Crippen LogP contribution in [-0.4, -0.2) is 82.7 Å². The monoisotopic (exact) mass is 419 g/mol. The second-order valence-electron chi connectivity index (χ2n) is 9.82. The Kier molecular flexibility index (Phi) is 8.67. The molecule has 0 radical (unpaired) electrons. The minimum Gasteiger partial charge on any atom is -0.378 e. The van der Waals surface area contributed by atoms with E-state index < -0.39 is 0 Å². The summed E-state index contributed by atoms with van der Waals surface area (Å²) in [4.78, 5) is 31.5. The Hall–Kier alpha value is -2.12. The van der Waals surface area contributed by atoms with Crippen LogP contribution in [0.1, 0.15) is 32.8 Å². The molecule has 1 aromatic carbocycles. The van der Waals surface area contributed by atoms with Crippen molar-refractivity contribution in [2.24, 2.45) is 0 Å². The summed E-state index contributed by atoms with van der Waals surface area (Å²) in [5.41, 5.74) is 2.11. The Bertz CT molecular complexity index is 697. The highest BCUT2D eigenvalue weighted by Crippen LogP contribution is 2.13. The number of hydrogen-bond acceptors (Lipinski definition) is 3. The minimum absolute atomic E-state index is 0.108. The summed E-state index contributed by atoms with van der Waals surface area (Å²) in [6, 6.07) is 8.34. The number of quaternary nitrogens is 2. The van der Waals surface area contributed by atoms with Crippen LogP contribution in [0.15, 0.2) is 24.3 Å². The highest BCUT2D eigenvalue weighted by atomic mass is 16.2. The highest BCUT2D eigenvalue weighted by molar-refractivity contribution is 5.77. The zero-order valence-electron chi connectivity index (χ0n) is 19.7. The molecule has 1 fully saturated rings. The molecule has 1 aliphatic rings. The predicted octanol–water partition coefficient (Wildman–Crippen LogP) is -1.20.